The number of carbonyl (C=O) groups is 1. The molecule has 116 valence electrons. The van der Waals surface area contributed by atoms with Gasteiger partial charge < -0.3 is 19.6 Å². The van der Waals surface area contributed by atoms with Crippen LogP contribution in [0.1, 0.15) is 20.8 Å². The first-order valence-corrected chi connectivity index (χ1v) is 7.31. The second-order valence-corrected chi connectivity index (χ2v) is 6.29. The third kappa shape index (κ3) is 4.11. The smallest absolute Gasteiger partial charge is 0.410 e. The molecule has 1 unspecified atom stereocenters. The summed E-state index contributed by atoms with van der Waals surface area (Å²) in [6, 6.07) is 9.86. The molecular weight excluding hydrogens is 268 g/mol. The van der Waals surface area contributed by atoms with Crippen LogP contribution in [0.15, 0.2) is 30.3 Å². The molecule has 2 rings (SSSR count). The average Bonchev–Trinajstić information content (AvgIpc) is 2.45. The highest BCUT2D eigenvalue weighted by molar-refractivity contribution is 5.69. The van der Waals surface area contributed by atoms with Gasteiger partial charge >= 0.3 is 6.09 Å². The minimum Gasteiger partial charge on any atom is -0.444 e. The van der Waals surface area contributed by atoms with Gasteiger partial charge in [-0.15, -0.1) is 0 Å². The molecule has 0 bridgehead atoms. The second kappa shape index (κ2) is 6.35. The number of nitrogens with zero attached hydrogens (tertiary/aromatic N) is 2. The molecule has 21 heavy (non-hydrogen) atoms. The summed E-state index contributed by atoms with van der Waals surface area (Å²) < 4.78 is 5.40. The Morgan fingerprint density at radius 2 is 1.95 bits per heavy atom. The van der Waals surface area contributed by atoms with Crippen molar-refractivity contribution in [2.75, 3.05) is 31.1 Å². The third-order valence-electron chi connectivity index (χ3n) is 3.43. The van der Waals surface area contributed by atoms with E-state index in [1.54, 1.807) is 4.90 Å². The summed E-state index contributed by atoms with van der Waals surface area (Å²) in [5.41, 5.74) is 0.572. The zero-order chi connectivity index (χ0) is 15.5. The Kier molecular flexibility index (Phi) is 4.73. The van der Waals surface area contributed by atoms with E-state index in [2.05, 4.69) is 4.90 Å². The highest BCUT2D eigenvalue weighted by atomic mass is 16.6. The van der Waals surface area contributed by atoms with Crippen LogP contribution in [0.3, 0.4) is 0 Å². The van der Waals surface area contributed by atoms with Gasteiger partial charge in [-0.2, -0.15) is 0 Å². The number of hydrogen-bond donors (Lipinski definition) is 1. The fourth-order valence-corrected chi connectivity index (χ4v) is 2.46. The largest absolute Gasteiger partial charge is 0.444 e. The summed E-state index contributed by atoms with van der Waals surface area (Å²) in [7, 11) is 0. The van der Waals surface area contributed by atoms with Crippen LogP contribution < -0.4 is 4.90 Å². The molecule has 5 heteroatoms. The third-order valence-corrected chi connectivity index (χ3v) is 3.43. The molecular formula is C16H24N2O3. The fraction of sp³-hybridized carbons (Fsp3) is 0.562. The number of aliphatic hydroxyl groups is 1. The molecule has 1 heterocycles. The summed E-state index contributed by atoms with van der Waals surface area (Å²) in [4.78, 5) is 15.9. The summed E-state index contributed by atoms with van der Waals surface area (Å²) >= 11 is 0. The Bertz CT molecular complexity index is 470. The van der Waals surface area contributed by atoms with Crippen LogP contribution >= 0.6 is 0 Å². The minimum absolute atomic E-state index is 0.00813. The zero-order valence-corrected chi connectivity index (χ0v) is 13.0. The number of piperazine rings is 1. The molecule has 1 aliphatic rings. The van der Waals surface area contributed by atoms with E-state index in [1.165, 1.54) is 0 Å². The van der Waals surface area contributed by atoms with Gasteiger partial charge in [0.05, 0.1) is 12.6 Å². The van der Waals surface area contributed by atoms with Crippen molar-refractivity contribution in [2.45, 2.75) is 32.4 Å². The molecule has 1 aromatic carbocycles. The molecule has 1 amide bonds. The van der Waals surface area contributed by atoms with E-state index in [-0.39, 0.29) is 18.7 Å². The Labute approximate surface area is 126 Å². The normalized spacial score (nSPS) is 19.5. The summed E-state index contributed by atoms with van der Waals surface area (Å²) in [5, 5.41) is 9.63. The molecule has 1 aliphatic heterocycles. The molecule has 1 atom stereocenters. The maximum absolute atomic E-state index is 12.1. The number of anilines is 1. The van der Waals surface area contributed by atoms with Crippen molar-refractivity contribution in [2.24, 2.45) is 0 Å². The highest BCUT2D eigenvalue weighted by Crippen LogP contribution is 2.21. The van der Waals surface area contributed by atoms with Crippen LogP contribution in [0, 0.1) is 0 Å². The first-order chi connectivity index (χ1) is 9.90. The molecule has 1 saturated heterocycles. The maximum atomic E-state index is 12.1. The number of amides is 1. The van der Waals surface area contributed by atoms with Crippen LogP contribution in [0.25, 0.3) is 0 Å². The Morgan fingerprint density at radius 3 is 2.52 bits per heavy atom. The number of carbonyl (C=O) groups excluding carboxylic acids is 1. The van der Waals surface area contributed by atoms with Gasteiger partial charge in [-0.3, -0.25) is 0 Å². The van der Waals surface area contributed by atoms with Gasteiger partial charge in [0.25, 0.3) is 0 Å². The number of rotatable bonds is 2. The van der Waals surface area contributed by atoms with Crippen molar-refractivity contribution in [3.8, 4) is 0 Å². The van der Waals surface area contributed by atoms with Gasteiger partial charge in [0.15, 0.2) is 0 Å². The van der Waals surface area contributed by atoms with E-state index >= 15 is 0 Å². The van der Waals surface area contributed by atoms with E-state index in [0.29, 0.717) is 19.6 Å². The standard InChI is InChI=1S/C16H24N2O3/c1-16(2,3)21-15(20)17-9-10-18(14(11-17)12-19)13-7-5-4-6-8-13/h4-8,14,19H,9-12H2,1-3H3. The van der Waals surface area contributed by atoms with Gasteiger partial charge in [0.1, 0.15) is 5.60 Å². The molecule has 0 saturated carbocycles. The van der Waals surface area contributed by atoms with Gasteiger partial charge in [-0.05, 0) is 32.9 Å². The van der Waals surface area contributed by atoms with Gasteiger partial charge in [0.2, 0.25) is 0 Å². The lowest BCUT2D eigenvalue weighted by Crippen LogP contribution is -2.57. The van der Waals surface area contributed by atoms with Crippen molar-refractivity contribution in [3.05, 3.63) is 30.3 Å². The topological polar surface area (TPSA) is 53.0 Å². The van der Waals surface area contributed by atoms with Gasteiger partial charge in [0, 0.05) is 25.3 Å². The van der Waals surface area contributed by atoms with Crippen LogP contribution in [-0.2, 0) is 4.74 Å². The van der Waals surface area contributed by atoms with Crippen molar-refractivity contribution in [1.29, 1.82) is 0 Å². The van der Waals surface area contributed by atoms with E-state index in [0.717, 1.165) is 5.69 Å². The number of aliphatic hydroxyl groups excluding tert-OH is 1. The monoisotopic (exact) mass is 292 g/mol. The molecule has 1 N–H and O–H groups in total. The SMILES string of the molecule is CC(C)(C)OC(=O)N1CCN(c2ccccc2)C(CO)C1. The summed E-state index contributed by atoms with van der Waals surface area (Å²) in [5.74, 6) is 0. The van der Waals surface area contributed by atoms with Crippen molar-refractivity contribution in [1.82, 2.24) is 4.90 Å². The van der Waals surface area contributed by atoms with E-state index in [4.69, 9.17) is 4.74 Å². The van der Waals surface area contributed by atoms with Crippen LogP contribution in [-0.4, -0.2) is 54.0 Å². The molecule has 1 aromatic rings. The molecule has 5 nitrogen and oxygen atoms in total. The van der Waals surface area contributed by atoms with E-state index in [9.17, 15) is 9.90 Å². The predicted octanol–water partition coefficient (Wildman–Crippen LogP) is 2.10. The lowest BCUT2D eigenvalue weighted by molar-refractivity contribution is 0.0197. The Hall–Kier alpha value is -1.75. The molecule has 0 aliphatic carbocycles. The van der Waals surface area contributed by atoms with E-state index < -0.39 is 5.60 Å². The molecule has 0 aromatic heterocycles. The van der Waals surface area contributed by atoms with Crippen molar-refractivity contribution in [3.63, 3.8) is 0 Å². The number of benzene rings is 1. The lowest BCUT2D eigenvalue weighted by Gasteiger charge is -2.42. The molecule has 1 fully saturated rings. The predicted molar refractivity (Wildman–Crippen MR) is 82.5 cm³/mol. The lowest BCUT2D eigenvalue weighted by atomic mass is 10.1. The van der Waals surface area contributed by atoms with Crippen LogP contribution in [0.2, 0.25) is 0 Å². The second-order valence-electron chi connectivity index (χ2n) is 6.29. The summed E-state index contributed by atoms with van der Waals surface area (Å²) in [6.45, 7) is 7.33. The fourth-order valence-electron chi connectivity index (χ4n) is 2.46. The van der Waals surface area contributed by atoms with Crippen LogP contribution in [0.5, 0.6) is 0 Å². The Morgan fingerprint density at radius 1 is 1.29 bits per heavy atom. The van der Waals surface area contributed by atoms with E-state index in [1.807, 2.05) is 51.1 Å². The van der Waals surface area contributed by atoms with Crippen molar-refractivity contribution < 1.29 is 14.6 Å². The van der Waals surface area contributed by atoms with Crippen LogP contribution in [0.4, 0.5) is 10.5 Å². The number of para-hydroxylation sites is 1. The maximum Gasteiger partial charge on any atom is 0.410 e. The zero-order valence-electron chi connectivity index (χ0n) is 13.0. The van der Waals surface area contributed by atoms with Gasteiger partial charge in [-0.25, -0.2) is 4.79 Å². The Balaban J connectivity index is 2.03. The van der Waals surface area contributed by atoms with Crippen molar-refractivity contribution >= 4 is 11.8 Å². The molecule has 0 spiro atoms. The first-order valence-electron chi connectivity index (χ1n) is 7.31. The average molecular weight is 292 g/mol. The first kappa shape index (κ1) is 15.6. The number of ether oxygens (including phenoxy) is 1. The highest BCUT2D eigenvalue weighted by Gasteiger charge is 2.31. The molecule has 0 radical (unpaired) electrons. The number of hydrogen-bond acceptors (Lipinski definition) is 4. The summed E-state index contributed by atoms with van der Waals surface area (Å²) in [6.07, 6.45) is -0.311. The quantitative estimate of drug-likeness (QED) is 0.907. The van der Waals surface area contributed by atoms with Gasteiger partial charge in [-0.1, -0.05) is 18.2 Å². The minimum atomic E-state index is -0.498.